The van der Waals surface area contributed by atoms with Crippen LogP contribution in [0.4, 0.5) is 13.2 Å². The minimum Gasteiger partial charge on any atom is -0.374 e. The molecule has 0 fully saturated rings. The fourth-order valence-electron chi connectivity index (χ4n) is 2.89. The fraction of sp³-hybridized carbons (Fsp3) is 0.500. The van der Waals surface area contributed by atoms with E-state index in [0.29, 0.717) is 17.0 Å². The molecule has 0 aliphatic carbocycles. The molecule has 0 saturated carbocycles. The number of aromatic nitrogens is 1. The zero-order valence-electron chi connectivity index (χ0n) is 16.3. The summed E-state index contributed by atoms with van der Waals surface area (Å²) in [6.45, 7) is 7.30. The van der Waals surface area contributed by atoms with Crippen molar-refractivity contribution in [3.8, 4) is 0 Å². The molecular formula is C20H25F3N2O2S. The lowest BCUT2D eigenvalue weighted by molar-refractivity contribution is -0.267. The van der Waals surface area contributed by atoms with Gasteiger partial charge in [-0.15, -0.1) is 11.3 Å². The lowest BCUT2D eigenvalue weighted by Gasteiger charge is -2.30. The van der Waals surface area contributed by atoms with E-state index < -0.39 is 35.2 Å². The van der Waals surface area contributed by atoms with Crippen LogP contribution in [-0.2, 0) is 16.8 Å². The average Bonchev–Trinajstić information content (AvgIpc) is 3.05. The summed E-state index contributed by atoms with van der Waals surface area (Å²) in [5.41, 5.74) is -1.02. The Balaban J connectivity index is 2.24. The smallest absolute Gasteiger partial charge is 0.374 e. The number of carbonyl (C=O) groups excluding carboxylic acids is 1. The van der Waals surface area contributed by atoms with Gasteiger partial charge in [-0.3, -0.25) is 4.79 Å². The molecule has 154 valence electrons. The number of hydrogen-bond acceptors (Lipinski definition) is 4. The Kier molecular flexibility index (Phi) is 6.88. The van der Waals surface area contributed by atoms with Crippen molar-refractivity contribution < 1.29 is 23.1 Å². The number of hydrogen-bond donors (Lipinski definition) is 2. The molecular weight excluding hydrogens is 389 g/mol. The maximum atomic E-state index is 13.6. The summed E-state index contributed by atoms with van der Waals surface area (Å²) in [6, 6.07) is 7.13. The van der Waals surface area contributed by atoms with Crippen LogP contribution in [0.25, 0.3) is 0 Å². The van der Waals surface area contributed by atoms with Gasteiger partial charge in [0.15, 0.2) is 0 Å². The zero-order valence-corrected chi connectivity index (χ0v) is 17.1. The number of thiazole rings is 1. The second kappa shape index (κ2) is 8.61. The monoisotopic (exact) mass is 414 g/mol. The number of carbonyl (C=O) groups is 1. The summed E-state index contributed by atoms with van der Waals surface area (Å²) in [4.78, 5) is 16.3. The van der Waals surface area contributed by atoms with E-state index in [2.05, 4.69) is 10.3 Å². The highest BCUT2D eigenvalue weighted by molar-refractivity contribution is 7.09. The molecule has 1 aromatic carbocycles. The second-order valence-corrected chi connectivity index (χ2v) is 8.07. The topological polar surface area (TPSA) is 62.2 Å². The lowest BCUT2D eigenvalue weighted by Crippen LogP contribution is -2.47. The van der Waals surface area contributed by atoms with Gasteiger partial charge >= 0.3 is 6.18 Å². The van der Waals surface area contributed by atoms with Crippen LogP contribution in [0.1, 0.15) is 55.1 Å². The number of alkyl halides is 3. The predicted molar refractivity (Wildman–Crippen MR) is 103 cm³/mol. The van der Waals surface area contributed by atoms with Gasteiger partial charge < -0.3 is 10.4 Å². The number of aryl methyl sites for hydroxylation is 2. The number of aliphatic hydroxyl groups is 1. The number of nitrogens with zero attached hydrogens (tertiary/aromatic N) is 1. The van der Waals surface area contributed by atoms with E-state index in [1.165, 1.54) is 12.3 Å². The highest BCUT2D eigenvalue weighted by Crippen LogP contribution is 2.43. The molecule has 2 rings (SSSR count). The standard InChI is InChI=1S/C20H25F3N2O2S/c1-5-14-6-8-15(9-7-14)17(12(2)3)25-16(26)10-19(27,20(21,22)23)18-24-13(4)11-28-18/h6-9,11-12,17,27H,5,10H2,1-4H3,(H,25,26)/t17-,19+/m1/s1. The minimum atomic E-state index is -5.02. The first-order valence-corrected chi connectivity index (χ1v) is 9.95. The quantitative estimate of drug-likeness (QED) is 0.692. The van der Waals surface area contributed by atoms with Crippen molar-refractivity contribution in [2.24, 2.45) is 5.92 Å². The molecule has 28 heavy (non-hydrogen) atoms. The fourth-order valence-corrected chi connectivity index (χ4v) is 3.81. The van der Waals surface area contributed by atoms with Gasteiger partial charge in [-0.25, -0.2) is 4.98 Å². The summed E-state index contributed by atoms with van der Waals surface area (Å²) >= 11 is 0.690. The van der Waals surface area contributed by atoms with E-state index in [-0.39, 0.29) is 5.92 Å². The number of benzene rings is 1. The molecule has 0 aliphatic heterocycles. The summed E-state index contributed by atoms with van der Waals surface area (Å²) in [5.74, 6) is -0.927. The SMILES string of the molecule is CCc1ccc([C@H](NC(=O)C[C@](O)(c2nc(C)cs2)C(F)(F)F)C(C)C)cc1. The van der Waals surface area contributed by atoms with Crippen molar-refractivity contribution >= 4 is 17.2 Å². The first-order valence-electron chi connectivity index (χ1n) is 9.07. The molecule has 0 saturated heterocycles. The van der Waals surface area contributed by atoms with Crippen LogP contribution in [0.3, 0.4) is 0 Å². The molecule has 0 spiro atoms. The molecule has 2 N–H and O–H groups in total. The normalized spacial score (nSPS) is 15.3. The van der Waals surface area contributed by atoms with Gasteiger partial charge in [-0.05, 0) is 30.4 Å². The van der Waals surface area contributed by atoms with Crippen LogP contribution >= 0.6 is 11.3 Å². The Morgan fingerprint density at radius 1 is 1.25 bits per heavy atom. The van der Waals surface area contributed by atoms with Gasteiger partial charge in [-0.1, -0.05) is 45.0 Å². The van der Waals surface area contributed by atoms with Gasteiger partial charge in [0.25, 0.3) is 0 Å². The van der Waals surface area contributed by atoms with E-state index in [4.69, 9.17) is 0 Å². The second-order valence-electron chi connectivity index (χ2n) is 7.21. The van der Waals surface area contributed by atoms with Crippen molar-refractivity contribution in [1.29, 1.82) is 0 Å². The van der Waals surface area contributed by atoms with Crippen molar-refractivity contribution in [2.45, 2.75) is 58.4 Å². The van der Waals surface area contributed by atoms with Gasteiger partial charge in [0.1, 0.15) is 5.01 Å². The number of rotatable bonds is 7. The molecule has 2 atom stereocenters. The van der Waals surface area contributed by atoms with Crippen LogP contribution in [0.15, 0.2) is 29.6 Å². The Labute approximate surface area is 166 Å². The van der Waals surface area contributed by atoms with E-state index in [1.54, 1.807) is 0 Å². The van der Waals surface area contributed by atoms with E-state index in [9.17, 15) is 23.1 Å². The molecule has 1 aromatic heterocycles. The molecule has 0 aliphatic rings. The highest BCUT2D eigenvalue weighted by atomic mass is 32.1. The third kappa shape index (κ3) is 4.91. The van der Waals surface area contributed by atoms with Gasteiger partial charge in [0.05, 0.1) is 12.5 Å². The Hall–Kier alpha value is -1.93. The van der Waals surface area contributed by atoms with Crippen LogP contribution in [-0.4, -0.2) is 22.2 Å². The first kappa shape index (κ1) is 22.4. The first-order chi connectivity index (χ1) is 13.0. The van der Waals surface area contributed by atoms with Gasteiger partial charge in [0.2, 0.25) is 11.5 Å². The van der Waals surface area contributed by atoms with E-state index in [0.717, 1.165) is 17.5 Å². The van der Waals surface area contributed by atoms with Gasteiger partial charge in [-0.2, -0.15) is 13.2 Å². The molecule has 2 aromatic rings. The van der Waals surface area contributed by atoms with Crippen LogP contribution in [0, 0.1) is 12.8 Å². The summed E-state index contributed by atoms with van der Waals surface area (Å²) in [7, 11) is 0. The third-order valence-electron chi connectivity index (χ3n) is 4.59. The Morgan fingerprint density at radius 3 is 2.29 bits per heavy atom. The van der Waals surface area contributed by atoms with E-state index >= 15 is 0 Å². The largest absolute Gasteiger partial charge is 0.424 e. The van der Waals surface area contributed by atoms with Crippen LogP contribution in [0.5, 0.6) is 0 Å². The third-order valence-corrected chi connectivity index (χ3v) is 5.70. The highest BCUT2D eigenvalue weighted by Gasteiger charge is 2.58. The van der Waals surface area contributed by atoms with Gasteiger partial charge in [0, 0.05) is 11.1 Å². The molecule has 0 bridgehead atoms. The average molecular weight is 414 g/mol. The van der Waals surface area contributed by atoms with Crippen LogP contribution in [0.2, 0.25) is 0 Å². The summed E-state index contributed by atoms with van der Waals surface area (Å²) in [6.07, 6.45) is -5.30. The van der Waals surface area contributed by atoms with Crippen molar-refractivity contribution in [2.75, 3.05) is 0 Å². The summed E-state index contributed by atoms with van der Waals surface area (Å²) < 4.78 is 40.8. The maximum Gasteiger partial charge on any atom is 0.424 e. The van der Waals surface area contributed by atoms with Crippen LogP contribution < -0.4 is 5.32 Å². The molecule has 4 nitrogen and oxygen atoms in total. The maximum absolute atomic E-state index is 13.6. The molecule has 1 amide bonds. The Bertz CT molecular complexity index is 803. The number of halogens is 3. The molecule has 0 unspecified atom stereocenters. The summed E-state index contributed by atoms with van der Waals surface area (Å²) in [5, 5.41) is 13.9. The number of nitrogens with one attached hydrogen (secondary N) is 1. The van der Waals surface area contributed by atoms with Crippen molar-refractivity contribution in [3.63, 3.8) is 0 Å². The van der Waals surface area contributed by atoms with E-state index in [1.807, 2.05) is 45.0 Å². The molecule has 1 heterocycles. The predicted octanol–water partition coefficient (Wildman–Crippen LogP) is 4.67. The zero-order chi connectivity index (χ0) is 21.1. The molecule has 0 radical (unpaired) electrons. The molecule has 8 heteroatoms. The minimum absolute atomic E-state index is 0.0440. The van der Waals surface area contributed by atoms with Crippen molar-refractivity contribution in [1.82, 2.24) is 10.3 Å². The van der Waals surface area contributed by atoms with Crippen molar-refractivity contribution in [3.05, 3.63) is 51.5 Å². The lowest BCUT2D eigenvalue weighted by atomic mass is 9.93. The number of amides is 1. The Morgan fingerprint density at radius 2 is 1.86 bits per heavy atom.